The van der Waals surface area contributed by atoms with Crippen LogP contribution in [0.2, 0.25) is 0 Å². The minimum absolute atomic E-state index is 0.174. The molecular formula is C9H16ClN3O2S. The summed E-state index contributed by atoms with van der Waals surface area (Å²) in [5.41, 5.74) is 0. The fraction of sp³-hybridized carbons (Fsp3) is 0.667. The third kappa shape index (κ3) is 4.51. The number of halogens is 1. The molecule has 0 bridgehead atoms. The summed E-state index contributed by atoms with van der Waals surface area (Å²) in [6, 6.07) is 0. The van der Waals surface area contributed by atoms with Crippen LogP contribution in [0, 0.1) is 0 Å². The Bertz CT molecular complexity index is 377. The lowest BCUT2D eigenvalue weighted by atomic mass is 10.2. The molecule has 0 unspecified atom stereocenters. The van der Waals surface area contributed by atoms with Gasteiger partial charge in [0, 0.05) is 18.6 Å². The molecule has 1 aromatic rings. The minimum atomic E-state index is -3.38. The number of hydrogen-bond acceptors (Lipinski definition) is 3. The van der Waals surface area contributed by atoms with E-state index in [1.807, 2.05) is 0 Å². The molecule has 7 heteroatoms. The van der Waals surface area contributed by atoms with E-state index in [9.17, 15) is 8.42 Å². The van der Waals surface area contributed by atoms with Crippen molar-refractivity contribution in [2.75, 3.05) is 12.4 Å². The predicted octanol–water partition coefficient (Wildman–Crippen LogP) is 1.49. The van der Waals surface area contributed by atoms with Gasteiger partial charge in [-0.2, -0.15) is 5.10 Å². The second kappa shape index (κ2) is 6.88. The van der Waals surface area contributed by atoms with Crippen LogP contribution in [-0.2, 0) is 10.0 Å². The zero-order valence-electron chi connectivity index (χ0n) is 8.95. The van der Waals surface area contributed by atoms with Gasteiger partial charge in [0.1, 0.15) is 4.90 Å². The number of aromatic amines is 1. The van der Waals surface area contributed by atoms with Crippen LogP contribution in [0.3, 0.4) is 0 Å². The molecule has 0 aliphatic rings. The van der Waals surface area contributed by atoms with Crippen LogP contribution in [0.15, 0.2) is 17.3 Å². The van der Waals surface area contributed by atoms with E-state index in [1.54, 1.807) is 0 Å². The quantitative estimate of drug-likeness (QED) is 0.552. The monoisotopic (exact) mass is 265 g/mol. The third-order valence-corrected chi connectivity index (χ3v) is 3.83. The molecule has 0 saturated carbocycles. The van der Waals surface area contributed by atoms with Crippen LogP contribution >= 0.6 is 11.6 Å². The molecule has 1 aromatic heterocycles. The highest BCUT2D eigenvalue weighted by atomic mass is 35.5. The fourth-order valence-electron chi connectivity index (χ4n) is 1.25. The Morgan fingerprint density at radius 1 is 1.31 bits per heavy atom. The van der Waals surface area contributed by atoms with E-state index in [-0.39, 0.29) is 4.90 Å². The van der Waals surface area contributed by atoms with Crippen molar-refractivity contribution >= 4 is 21.6 Å². The molecule has 0 atom stereocenters. The molecule has 2 N–H and O–H groups in total. The summed E-state index contributed by atoms with van der Waals surface area (Å²) in [6.07, 6.45) is 6.48. The Balaban J connectivity index is 2.22. The van der Waals surface area contributed by atoms with E-state index < -0.39 is 10.0 Å². The molecule has 1 rings (SSSR count). The van der Waals surface area contributed by atoms with Crippen LogP contribution in [-0.4, -0.2) is 31.0 Å². The van der Waals surface area contributed by atoms with Crippen molar-refractivity contribution in [2.24, 2.45) is 0 Å². The van der Waals surface area contributed by atoms with E-state index in [0.717, 1.165) is 25.7 Å². The number of nitrogens with one attached hydrogen (secondary N) is 2. The highest BCUT2D eigenvalue weighted by molar-refractivity contribution is 7.89. The normalized spacial score (nSPS) is 11.8. The average molecular weight is 266 g/mol. The molecule has 0 aliphatic heterocycles. The van der Waals surface area contributed by atoms with Gasteiger partial charge in [-0.3, -0.25) is 5.10 Å². The summed E-state index contributed by atoms with van der Waals surface area (Å²) < 4.78 is 25.7. The zero-order chi connectivity index (χ0) is 11.9. The maximum absolute atomic E-state index is 11.6. The number of aromatic nitrogens is 2. The van der Waals surface area contributed by atoms with Crippen molar-refractivity contribution < 1.29 is 8.42 Å². The largest absolute Gasteiger partial charge is 0.284 e. The maximum atomic E-state index is 11.6. The second-order valence-electron chi connectivity index (χ2n) is 3.43. The van der Waals surface area contributed by atoms with E-state index >= 15 is 0 Å². The summed E-state index contributed by atoms with van der Waals surface area (Å²) in [4.78, 5) is 0.174. The molecule has 92 valence electrons. The van der Waals surface area contributed by atoms with Gasteiger partial charge < -0.3 is 0 Å². The van der Waals surface area contributed by atoms with Crippen LogP contribution < -0.4 is 4.72 Å². The number of hydrogen-bond donors (Lipinski definition) is 2. The third-order valence-electron chi connectivity index (χ3n) is 2.14. The average Bonchev–Trinajstić information content (AvgIpc) is 2.77. The van der Waals surface area contributed by atoms with Gasteiger partial charge in [0.05, 0.1) is 6.20 Å². The number of alkyl halides is 1. The van der Waals surface area contributed by atoms with Crippen LogP contribution in [0.5, 0.6) is 0 Å². The van der Waals surface area contributed by atoms with Gasteiger partial charge in [-0.25, -0.2) is 13.1 Å². The van der Waals surface area contributed by atoms with Crippen molar-refractivity contribution in [3.05, 3.63) is 12.4 Å². The molecule has 0 saturated heterocycles. The Labute approximate surface area is 101 Å². The molecule has 0 aromatic carbocycles. The van der Waals surface area contributed by atoms with Crippen LogP contribution in [0.1, 0.15) is 25.7 Å². The SMILES string of the molecule is O=S(=O)(NCCCCCCCl)c1cn[nH]c1. The van der Waals surface area contributed by atoms with Crippen LogP contribution in [0.25, 0.3) is 0 Å². The second-order valence-corrected chi connectivity index (χ2v) is 5.58. The highest BCUT2D eigenvalue weighted by Crippen LogP contribution is 2.05. The van der Waals surface area contributed by atoms with Gasteiger partial charge >= 0.3 is 0 Å². The molecule has 5 nitrogen and oxygen atoms in total. The smallest absolute Gasteiger partial charge is 0.243 e. The van der Waals surface area contributed by atoms with Crippen molar-refractivity contribution in [3.8, 4) is 0 Å². The lowest BCUT2D eigenvalue weighted by molar-refractivity contribution is 0.574. The molecule has 1 heterocycles. The molecule has 0 amide bonds. The Hall–Kier alpha value is -0.590. The molecule has 0 fully saturated rings. The van der Waals surface area contributed by atoms with E-state index in [0.29, 0.717) is 12.4 Å². The predicted molar refractivity (Wildman–Crippen MR) is 63.0 cm³/mol. The van der Waals surface area contributed by atoms with Gasteiger partial charge in [0.15, 0.2) is 0 Å². The molecule has 0 spiro atoms. The van der Waals surface area contributed by atoms with E-state index in [2.05, 4.69) is 14.9 Å². The topological polar surface area (TPSA) is 74.8 Å². The summed E-state index contributed by atoms with van der Waals surface area (Å²) in [7, 11) is -3.38. The summed E-state index contributed by atoms with van der Waals surface area (Å²) in [5, 5.41) is 6.07. The first kappa shape index (κ1) is 13.5. The van der Waals surface area contributed by atoms with E-state index in [1.165, 1.54) is 12.4 Å². The minimum Gasteiger partial charge on any atom is -0.284 e. The summed E-state index contributed by atoms with van der Waals surface area (Å²) in [5.74, 6) is 0.667. The standard InChI is InChI=1S/C9H16ClN3O2S/c10-5-3-1-2-4-6-13-16(14,15)9-7-11-12-8-9/h7-8,13H,1-6H2,(H,11,12). The van der Waals surface area contributed by atoms with Crippen molar-refractivity contribution in [1.82, 2.24) is 14.9 Å². The zero-order valence-corrected chi connectivity index (χ0v) is 10.5. The Kier molecular flexibility index (Phi) is 5.79. The lowest BCUT2D eigenvalue weighted by Gasteiger charge is -2.03. The van der Waals surface area contributed by atoms with Crippen molar-refractivity contribution in [1.29, 1.82) is 0 Å². The number of unbranched alkanes of at least 4 members (excludes halogenated alkanes) is 3. The summed E-state index contributed by atoms with van der Waals surface area (Å²) >= 11 is 5.53. The van der Waals surface area contributed by atoms with Gasteiger partial charge in [-0.15, -0.1) is 11.6 Å². The van der Waals surface area contributed by atoms with Gasteiger partial charge in [-0.1, -0.05) is 12.8 Å². The molecule has 0 aliphatic carbocycles. The maximum Gasteiger partial charge on any atom is 0.243 e. The van der Waals surface area contributed by atoms with Gasteiger partial charge in [0.2, 0.25) is 10.0 Å². The first-order chi connectivity index (χ1) is 7.67. The lowest BCUT2D eigenvalue weighted by Crippen LogP contribution is -2.24. The van der Waals surface area contributed by atoms with Crippen molar-refractivity contribution in [2.45, 2.75) is 30.6 Å². The number of nitrogens with zero attached hydrogens (tertiary/aromatic N) is 1. The van der Waals surface area contributed by atoms with E-state index in [4.69, 9.17) is 11.6 Å². The number of sulfonamides is 1. The molecular weight excluding hydrogens is 250 g/mol. The van der Waals surface area contributed by atoms with Crippen molar-refractivity contribution in [3.63, 3.8) is 0 Å². The Morgan fingerprint density at radius 3 is 2.69 bits per heavy atom. The molecule has 16 heavy (non-hydrogen) atoms. The van der Waals surface area contributed by atoms with Gasteiger partial charge in [0.25, 0.3) is 0 Å². The van der Waals surface area contributed by atoms with Gasteiger partial charge in [-0.05, 0) is 12.8 Å². The fourth-order valence-corrected chi connectivity index (χ4v) is 2.42. The number of H-pyrrole nitrogens is 1. The molecule has 0 radical (unpaired) electrons. The summed E-state index contributed by atoms with van der Waals surface area (Å²) in [6.45, 7) is 0.454. The first-order valence-corrected chi connectivity index (χ1v) is 7.23. The Morgan fingerprint density at radius 2 is 2.06 bits per heavy atom. The number of rotatable bonds is 8. The first-order valence-electron chi connectivity index (χ1n) is 5.21. The van der Waals surface area contributed by atoms with Crippen LogP contribution in [0.4, 0.5) is 0 Å². The highest BCUT2D eigenvalue weighted by Gasteiger charge is 2.13.